The van der Waals surface area contributed by atoms with E-state index in [0.717, 1.165) is 11.3 Å². The third kappa shape index (κ3) is 3.58. The van der Waals surface area contributed by atoms with Crippen molar-refractivity contribution < 1.29 is 9.90 Å². The zero-order valence-electron chi connectivity index (χ0n) is 13.9. The van der Waals surface area contributed by atoms with Crippen molar-refractivity contribution in [3.05, 3.63) is 75.8 Å². The molecule has 3 aromatic rings. The maximum Gasteiger partial charge on any atom is 0.337 e. The van der Waals surface area contributed by atoms with Crippen LogP contribution in [-0.4, -0.2) is 34.6 Å². The van der Waals surface area contributed by atoms with Crippen molar-refractivity contribution in [3.8, 4) is 0 Å². The third-order valence-electron chi connectivity index (χ3n) is 3.78. The van der Waals surface area contributed by atoms with Gasteiger partial charge >= 0.3 is 5.97 Å². The van der Waals surface area contributed by atoms with Crippen LogP contribution < -0.4 is 10.5 Å². The van der Waals surface area contributed by atoms with E-state index in [2.05, 4.69) is 4.98 Å². The van der Waals surface area contributed by atoms with E-state index in [1.54, 1.807) is 6.08 Å². The van der Waals surface area contributed by atoms with Gasteiger partial charge in [-0.25, -0.2) is 9.78 Å². The van der Waals surface area contributed by atoms with E-state index in [1.807, 2.05) is 49.3 Å². The number of hydrogen-bond donors (Lipinski definition) is 1. The number of anilines is 1. The van der Waals surface area contributed by atoms with Gasteiger partial charge in [0.1, 0.15) is 5.65 Å². The summed E-state index contributed by atoms with van der Waals surface area (Å²) in [4.78, 5) is 29.6. The van der Waals surface area contributed by atoms with Crippen LogP contribution in [0.1, 0.15) is 21.6 Å². The first-order valence-electron chi connectivity index (χ1n) is 7.66. The Hall–Kier alpha value is -3.41. The monoisotopic (exact) mass is 335 g/mol. The van der Waals surface area contributed by atoms with E-state index in [-0.39, 0.29) is 11.1 Å². The molecule has 0 bridgehead atoms. The molecule has 1 N–H and O–H groups in total. The summed E-state index contributed by atoms with van der Waals surface area (Å²) >= 11 is 0. The summed E-state index contributed by atoms with van der Waals surface area (Å²) in [6.45, 7) is 0. The lowest BCUT2D eigenvalue weighted by Crippen LogP contribution is -2.15. The Morgan fingerprint density at radius 3 is 2.48 bits per heavy atom. The van der Waals surface area contributed by atoms with Gasteiger partial charge < -0.3 is 10.0 Å². The maximum atomic E-state index is 12.2. The Labute approximate surface area is 144 Å². The van der Waals surface area contributed by atoms with Crippen molar-refractivity contribution in [1.29, 1.82) is 0 Å². The molecule has 2 heterocycles. The summed E-state index contributed by atoms with van der Waals surface area (Å²) < 4.78 is 1.23. The van der Waals surface area contributed by atoms with Crippen LogP contribution in [0.15, 0.2) is 53.5 Å². The lowest BCUT2D eigenvalue weighted by molar-refractivity contribution is 0.0696. The maximum absolute atomic E-state index is 12.2. The number of carboxylic acids is 1. The molecule has 0 aliphatic rings. The predicted octanol–water partition coefficient (Wildman–Crippen LogP) is 2.63. The molecule has 25 heavy (non-hydrogen) atoms. The Kier molecular flexibility index (Phi) is 4.35. The van der Waals surface area contributed by atoms with Gasteiger partial charge in [-0.2, -0.15) is 0 Å². The molecular weight excluding hydrogens is 318 g/mol. The van der Waals surface area contributed by atoms with Crippen molar-refractivity contribution in [2.24, 2.45) is 0 Å². The summed E-state index contributed by atoms with van der Waals surface area (Å²) in [5.41, 5.74) is 2.74. The highest BCUT2D eigenvalue weighted by molar-refractivity contribution is 5.87. The van der Waals surface area contributed by atoms with Crippen molar-refractivity contribution in [2.45, 2.75) is 0 Å². The molecule has 0 aliphatic carbocycles. The number of nitrogens with zero attached hydrogens (tertiary/aromatic N) is 3. The molecule has 126 valence electrons. The SMILES string of the molecule is CN(C)c1ccc(C=Cc2cc(=O)n3cc(C(=O)O)ccc3n2)cc1. The van der Waals surface area contributed by atoms with E-state index in [1.165, 1.54) is 28.8 Å². The minimum atomic E-state index is -1.08. The van der Waals surface area contributed by atoms with Gasteiger partial charge in [-0.05, 0) is 35.9 Å². The van der Waals surface area contributed by atoms with E-state index in [0.29, 0.717) is 11.3 Å². The molecule has 0 spiro atoms. The zero-order chi connectivity index (χ0) is 18.0. The minimum absolute atomic E-state index is 0.0423. The van der Waals surface area contributed by atoms with Crippen molar-refractivity contribution >= 4 is 29.5 Å². The molecule has 0 radical (unpaired) electrons. The summed E-state index contributed by atoms with van der Waals surface area (Å²) in [6.07, 6.45) is 4.92. The van der Waals surface area contributed by atoms with Crippen LogP contribution >= 0.6 is 0 Å². The fourth-order valence-electron chi connectivity index (χ4n) is 2.40. The normalized spacial score (nSPS) is 11.1. The second-order valence-electron chi connectivity index (χ2n) is 5.79. The number of rotatable bonds is 4. The largest absolute Gasteiger partial charge is 0.478 e. The van der Waals surface area contributed by atoms with Crippen LogP contribution in [0.2, 0.25) is 0 Å². The molecule has 6 nitrogen and oxygen atoms in total. The average Bonchev–Trinajstić information content (AvgIpc) is 2.60. The molecule has 1 aromatic carbocycles. The first-order chi connectivity index (χ1) is 11.9. The number of aromatic nitrogens is 2. The van der Waals surface area contributed by atoms with Crippen molar-refractivity contribution in [2.75, 3.05) is 19.0 Å². The summed E-state index contributed by atoms with van der Waals surface area (Å²) in [5, 5.41) is 9.00. The van der Waals surface area contributed by atoms with Crippen LogP contribution in [0.5, 0.6) is 0 Å². The predicted molar refractivity (Wildman–Crippen MR) is 98.1 cm³/mol. The molecule has 6 heteroatoms. The van der Waals surface area contributed by atoms with Crippen LogP contribution in [0.3, 0.4) is 0 Å². The van der Waals surface area contributed by atoms with E-state index in [9.17, 15) is 9.59 Å². The molecule has 0 atom stereocenters. The molecule has 0 unspecified atom stereocenters. The highest BCUT2D eigenvalue weighted by atomic mass is 16.4. The number of carbonyl (C=O) groups is 1. The van der Waals surface area contributed by atoms with Crippen LogP contribution in [0.25, 0.3) is 17.8 Å². The summed E-state index contributed by atoms with van der Waals surface area (Å²) in [5.74, 6) is -1.08. The minimum Gasteiger partial charge on any atom is -0.478 e. The van der Waals surface area contributed by atoms with E-state index in [4.69, 9.17) is 5.11 Å². The van der Waals surface area contributed by atoms with Crippen molar-refractivity contribution in [3.63, 3.8) is 0 Å². The lowest BCUT2D eigenvalue weighted by atomic mass is 10.1. The molecule has 0 saturated heterocycles. The molecule has 3 rings (SSSR count). The van der Waals surface area contributed by atoms with Crippen LogP contribution in [0, 0.1) is 0 Å². The van der Waals surface area contributed by atoms with Gasteiger partial charge in [0, 0.05) is 32.0 Å². The highest BCUT2D eigenvalue weighted by Gasteiger charge is 2.06. The Bertz CT molecular complexity index is 1020. The van der Waals surface area contributed by atoms with Gasteiger partial charge in [0.25, 0.3) is 5.56 Å². The van der Waals surface area contributed by atoms with Gasteiger partial charge in [0.05, 0.1) is 11.3 Å². The fourth-order valence-corrected chi connectivity index (χ4v) is 2.40. The standard InChI is InChI=1S/C19H17N3O3/c1-21(2)16-8-4-13(5-9-16)3-7-15-11-18(23)22-12-14(19(24)25)6-10-17(22)20-15/h3-12H,1-2H3,(H,24,25). The number of hydrogen-bond acceptors (Lipinski definition) is 4. The Balaban J connectivity index is 1.92. The topological polar surface area (TPSA) is 74.9 Å². The third-order valence-corrected chi connectivity index (χ3v) is 3.78. The highest BCUT2D eigenvalue weighted by Crippen LogP contribution is 2.14. The molecule has 2 aromatic heterocycles. The lowest BCUT2D eigenvalue weighted by Gasteiger charge is -2.11. The molecule has 0 amide bonds. The molecule has 0 fully saturated rings. The number of fused-ring (bicyclic) bond motifs is 1. The Morgan fingerprint density at radius 1 is 1.12 bits per heavy atom. The molecule has 0 aliphatic heterocycles. The first-order valence-corrected chi connectivity index (χ1v) is 7.66. The number of pyridine rings is 1. The van der Waals surface area contributed by atoms with Crippen molar-refractivity contribution in [1.82, 2.24) is 9.38 Å². The quantitative estimate of drug-likeness (QED) is 0.793. The molecule has 0 saturated carbocycles. The summed E-state index contributed by atoms with van der Waals surface area (Å²) in [6, 6.07) is 12.3. The first kappa shape index (κ1) is 16.4. The van der Waals surface area contributed by atoms with Gasteiger partial charge in [-0.1, -0.05) is 18.2 Å². The van der Waals surface area contributed by atoms with E-state index < -0.39 is 5.97 Å². The second-order valence-corrected chi connectivity index (χ2v) is 5.79. The van der Waals surface area contributed by atoms with Crippen LogP contribution in [-0.2, 0) is 0 Å². The second kappa shape index (κ2) is 6.60. The van der Waals surface area contributed by atoms with Gasteiger partial charge in [0.15, 0.2) is 0 Å². The smallest absolute Gasteiger partial charge is 0.337 e. The number of aromatic carboxylic acids is 1. The summed E-state index contributed by atoms with van der Waals surface area (Å²) in [7, 11) is 3.96. The Morgan fingerprint density at radius 2 is 1.84 bits per heavy atom. The van der Waals surface area contributed by atoms with Gasteiger partial charge in [-0.15, -0.1) is 0 Å². The average molecular weight is 335 g/mol. The fraction of sp³-hybridized carbons (Fsp3) is 0.105. The van der Waals surface area contributed by atoms with E-state index >= 15 is 0 Å². The molecular formula is C19H17N3O3. The van der Waals surface area contributed by atoms with Crippen LogP contribution in [0.4, 0.5) is 5.69 Å². The number of benzene rings is 1. The van der Waals surface area contributed by atoms with Gasteiger partial charge in [-0.3, -0.25) is 9.20 Å². The zero-order valence-corrected chi connectivity index (χ0v) is 13.9. The van der Waals surface area contributed by atoms with Gasteiger partial charge in [0.2, 0.25) is 0 Å². The number of carboxylic acid groups (broad SMARTS) is 1.